The number of ether oxygens (including phenoxy) is 1. The Labute approximate surface area is 255 Å². The van der Waals surface area contributed by atoms with E-state index in [2.05, 4.69) is 42.1 Å². The maximum absolute atomic E-state index is 12.3. The van der Waals surface area contributed by atoms with Crippen molar-refractivity contribution in [2.24, 2.45) is 0 Å². The number of amides is 1. The number of halogens is 1. The first kappa shape index (κ1) is 32.6. The van der Waals surface area contributed by atoms with Crippen LogP contribution in [0, 0.1) is 0 Å². The number of carbonyl (C=O) groups is 1. The number of hydrogen-bond acceptors (Lipinski definition) is 9. The van der Waals surface area contributed by atoms with Crippen molar-refractivity contribution in [1.82, 2.24) is 14.9 Å². The van der Waals surface area contributed by atoms with E-state index >= 15 is 0 Å². The van der Waals surface area contributed by atoms with Crippen LogP contribution in [0.1, 0.15) is 19.4 Å². The largest absolute Gasteiger partial charge is 0.494 e. The van der Waals surface area contributed by atoms with E-state index in [-0.39, 0.29) is 11.9 Å². The van der Waals surface area contributed by atoms with Gasteiger partial charge in [-0.15, -0.1) is 0 Å². The fourth-order valence-electron chi connectivity index (χ4n) is 3.97. The van der Waals surface area contributed by atoms with E-state index in [1.165, 1.54) is 12.3 Å². The van der Waals surface area contributed by atoms with Crippen LogP contribution in [-0.4, -0.2) is 72.1 Å². The summed E-state index contributed by atoms with van der Waals surface area (Å²) in [5, 5.41) is 9.63. The summed E-state index contributed by atoms with van der Waals surface area (Å²) in [7, 11) is 6.28. The Kier molecular flexibility index (Phi) is 12.0. The molecule has 13 heteroatoms. The normalized spacial score (nSPS) is 11.5. The molecule has 4 N–H and O–H groups in total. The average molecular weight is 615 g/mol. The third kappa shape index (κ3) is 8.57. The summed E-state index contributed by atoms with van der Waals surface area (Å²) in [4.78, 5) is 25.3. The number of likely N-dealkylation sites (N-methyl/N-ethyl adjacent to an activating group) is 2. The summed E-state index contributed by atoms with van der Waals surface area (Å²) in [5.41, 5.74) is 4.27. The molecule has 0 radical (unpaired) electrons. The fraction of sp³-hybridized carbons (Fsp3) is 0.345. The third-order valence-corrected chi connectivity index (χ3v) is 7.54. The number of aromatic nitrogens is 2. The van der Waals surface area contributed by atoms with E-state index in [9.17, 15) is 9.00 Å². The van der Waals surface area contributed by atoms with Gasteiger partial charge in [-0.25, -0.2) is 9.19 Å². The molecule has 1 aromatic heterocycles. The molecule has 3 aromatic rings. The van der Waals surface area contributed by atoms with Gasteiger partial charge in [0.1, 0.15) is 21.8 Å². The first-order valence-corrected chi connectivity index (χ1v) is 15.1. The molecular formula is C29H39ClN8O3S. The molecule has 1 unspecified atom stereocenters. The number of rotatable bonds is 15. The summed E-state index contributed by atoms with van der Waals surface area (Å²) in [5.74, 6) is 1.24. The second-order valence-electron chi connectivity index (χ2n) is 9.56. The second kappa shape index (κ2) is 15.4. The van der Waals surface area contributed by atoms with Crippen LogP contribution in [0.4, 0.5) is 40.2 Å². The minimum absolute atomic E-state index is 0.244. The molecular weight excluding hydrogens is 576 g/mol. The van der Waals surface area contributed by atoms with Gasteiger partial charge in [0, 0.05) is 32.0 Å². The van der Waals surface area contributed by atoms with Crippen LogP contribution in [0.5, 0.6) is 5.75 Å². The first-order valence-electron chi connectivity index (χ1n) is 13.4. The molecule has 0 bridgehead atoms. The van der Waals surface area contributed by atoms with Gasteiger partial charge in [-0.3, -0.25) is 4.79 Å². The van der Waals surface area contributed by atoms with Crippen LogP contribution >= 0.6 is 11.6 Å². The number of hydrogen-bond donors (Lipinski definition) is 4. The van der Waals surface area contributed by atoms with Crippen molar-refractivity contribution in [2.45, 2.75) is 20.3 Å². The van der Waals surface area contributed by atoms with Crippen LogP contribution in [0.25, 0.3) is 0 Å². The lowest BCUT2D eigenvalue weighted by atomic mass is 10.1. The molecule has 1 atom stereocenters. The Morgan fingerprint density at radius 1 is 1.12 bits per heavy atom. The molecule has 0 aliphatic carbocycles. The lowest BCUT2D eigenvalue weighted by Crippen LogP contribution is -2.29. The van der Waals surface area contributed by atoms with Crippen LogP contribution in [-0.2, 0) is 22.2 Å². The minimum Gasteiger partial charge on any atom is -0.494 e. The fourth-order valence-corrected chi connectivity index (χ4v) is 4.73. The van der Waals surface area contributed by atoms with Gasteiger partial charge in [-0.05, 0) is 44.3 Å². The highest BCUT2D eigenvalue weighted by atomic mass is 35.5. The Hall–Kier alpha value is -3.87. The summed E-state index contributed by atoms with van der Waals surface area (Å²) >= 11 is 6.49. The number of aryl methyl sites for hydroxylation is 1. The van der Waals surface area contributed by atoms with Crippen LogP contribution in [0.3, 0.4) is 0 Å². The molecule has 226 valence electrons. The zero-order chi connectivity index (χ0) is 30.8. The second-order valence-corrected chi connectivity index (χ2v) is 11.4. The maximum Gasteiger partial charge on any atom is 0.247 e. The lowest BCUT2D eigenvalue weighted by Gasteiger charge is -2.26. The van der Waals surface area contributed by atoms with Crippen molar-refractivity contribution >= 4 is 68.7 Å². The molecule has 0 saturated heterocycles. The van der Waals surface area contributed by atoms with Crippen molar-refractivity contribution in [3.63, 3.8) is 0 Å². The molecule has 11 nitrogen and oxygen atoms in total. The topological polar surface area (TPSA) is 124 Å². The highest BCUT2D eigenvalue weighted by Crippen LogP contribution is 2.38. The molecule has 1 heterocycles. The minimum atomic E-state index is -1.24. The van der Waals surface area contributed by atoms with Crippen molar-refractivity contribution in [1.29, 1.82) is 0 Å². The summed E-state index contributed by atoms with van der Waals surface area (Å²) in [6, 6.07) is 9.36. The molecule has 0 aliphatic rings. The van der Waals surface area contributed by atoms with E-state index in [4.69, 9.17) is 16.3 Å². The van der Waals surface area contributed by atoms with Gasteiger partial charge in [-0.1, -0.05) is 44.2 Å². The highest BCUT2D eigenvalue weighted by Gasteiger charge is 2.18. The number of nitrogens with one attached hydrogen (secondary N) is 4. The quantitative estimate of drug-likeness (QED) is 0.166. The number of benzene rings is 2. The van der Waals surface area contributed by atoms with Gasteiger partial charge in [0.05, 0.1) is 41.7 Å². The number of carbonyl (C=O) groups excluding carboxylic acids is 1. The molecule has 42 heavy (non-hydrogen) atoms. The summed E-state index contributed by atoms with van der Waals surface area (Å²) in [6.45, 7) is 8.98. The van der Waals surface area contributed by atoms with Crippen LogP contribution in [0.15, 0.2) is 49.2 Å². The standard InChI is InChI=1S/C29H39ClN8O3S/c1-8-19-12-11-13-21(27(19)36-42(40)10-3)33-28-20(30)18-31-29(35-28)34-23-16-22(32-26(39)9-2)24(17-25(23)41-7)38(6)15-14-37(4)5/h9,11-13,16-18,36H,2,8,10,14-15H2,1,3-7H3,(H,32,39)(H2,31,33,34,35). The first-order chi connectivity index (χ1) is 20.1. The van der Waals surface area contributed by atoms with E-state index in [0.717, 1.165) is 36.4 Å². The van der Waals surface area contributed by atoms with Gasteiger partial charge >= 0.3 is 0 Å². The molecule has 0 spiro atoms. The summed E-state index contributed by atoms with van der Waals surface area (Å²) in [6.07, 6.45) is 3.44. The maximum atomic E-state index is 12.3. The molecule has 0 fully saturated rings. The zero-order valence-corrected chi connectivity index (χ0v) is 26.4. The van der Waals surface area contributed by atoms with E-state index in [1.807, 2.05) is 64.2 Å². The number of nitrogens with zero attached hydrogens (tertiary/aromatic N) is 4. The Morgan fingerprint density at radius 2 is 1.88 bits per heavy atom. The zero-order valence-electron chi connectivity index (χ0n) is 24.9. The Bertz CT molecular complexity index is 1440. The van der Waals surface area contributed by atoms with Gasteiger partial charge in [0.25, 0.3) is 0 Å². The smallest absolute Gasteiger partial charge is 0.247 e. The molecule has 2 aromatic carbocycles. The van der Waals surface area contributed by atoms with Gasteiger partial charge in [-0.2, -0.15) is 4.98 Å². The molecule has 0 aliphatic heterocycles. The average Bonchev–Trinajstić information content (AvgIpc) is 2.98. The van der Waals surface area contributed by atoms with Crippen molar-refractivity contribution in [3.05, 3.63) is 59.8 Å². The lowest BCUT2D eigenvalue weighted by molar-refractivity contribution is -0.111. The van der Waals surface area contributed by atoms with Gasteiger partial charge in [0.2, 0.25) is 11.9 Å². The molecule has 0 saturated carbocycles. The number of anilines is 7. The number of para-hydroxylation sites is 1. The van der Waals surface area contributed by atoms with Crippen molar-refractivity contribution in [2.75, 3.05) is 72.7 Å². The monoisotopic (exact) mass is 614 g/mol. The van der Waals surface area contributed by atoms with Crippen molar-refractivity contribution in [3.8, 4) is 5.75 Å². The predicted molar refractivity (Wildman–Crippen MR) is 175 cm³/mol. The third-order valence-electron chi connectivity index (χ3n) is 6.31. The number of methoxy groups -OCH3 is 1. The van der Waals surface area contributed by atoms with E-state index < -0.39 is 11.0 Å². The Morgan fingerprint density at radius 3 is 2.52 bits per heavy atom. The molecule has 1 amide bonds. The highest BCUT2D eigenvalue weighted by molar-refractivity contribution is 7.86. The van der Waals surface area contributed by atoms with E-state index in [0.29, 0.717) is 39.4 Å². The van der Waals surface area contributed by atoms with E-state index in [1.54, 1.807) is 13.2 Å². The summed E-state index contributed by atoms with van der Waals surface area (Å²) < 4.78 is 21.1. The van der Waals surface area contributed by atoms with Gasteiger partial charge < -0.3 is 35.2 Å². The predicted octanol–water partition coefficient (Wildman–Crippen LogP) is 5.41. The van der Waals surface area contributed by atoms with Crippen LogP contribution < -0.4 is 30.3 Å². The Balaban J connectivity index is 1.99. The van der Waals surface area contributed by atoms with Crippen LogP contribution in [0.2, 0.25) is 5.02 Å². The molecule has 3 rings (SSSR count). The SMILES string of the molecule is C=CC(=O)Nc1cc(Nc2ncc(Cl)c(Nc3cccc(CC)c3NS(=O)CC)n2)c(OC)cc1N(C)CCN(C)C. The van der Waals surface area contributed by atoms with Crippen molar-refractivity contribution < 1.29 is 13.7 Å². The van der Waals surface area contributed by atoms with Gasteiger partial charge in [0.15, 0.2) is 5.82 Å².